The lowest BCUT2D eigenvalue weighted by atomic mass is 10.1. The number of alkyl halides is 1. The Morgan fingerprint density at radius 1 is 1.35 bits per heavy atom. The molecule has 180 valence electrons. The van der Waals surface area contributed by atoms with Gasteiger partial charge in [0, 0.05) is 12.6 Å². The highest BCUT2D eigenvalue weighted by Crippen LogP contribution is 2.37. The van der Waals surface area contributed by atoms with Crippen LogP contribution in [-0.4, -0.2) is 58.9 Å². The lowest BCUT2D eigenvalue weighted by Gasteiger charge is -2.27. The van der Waals surface area contributed by atoms with Gasteiger partial charge in [0.2, 0.25) is 0 Å². The number of halogens is 1. The number of benzene rings is 1. The molecule has 2 fully saturated rings. The first kappa shape index (κ1) is 23.5. The third-order valence-corrected chi connectivity index (χ3v) is 5.43. The van der Waals surface area contributed by atoms with Crippen LogP contribution in [0.4, 0.5) is 14.9 Å². The fraction of sp³-hybridized carbons (Fsp3) is 0.500. The summed E-state index contributed by atoms with van der Waals surface area (Å²) < 4.78 is 30.5. The van der Waals surface area contributed by atoms with Crippen molar-refractivity contribution >= 4 is 17.7 Å². The van der Waals surface area contributed by atoms with Gasteiger partial charge in [0.1, 0.15) is 18.0 Å². The molecule has 2 atom stereocenters. The minimum atomic E-state index is -0.740. The maximum absolute atomic E-state index is 13.5. The summed E-state index contributed by atoms with van der Waals surface area (Å²) in [7, 11) is 0. The van der Waals surface area contributed by atoms with Gasteiger partial charge in [0.05, 0.1) is 30.5 Å². The van der Waals surface area contributed by atoms with E-state index in [2.05, 4.69) is 15.1 Å². The molecule has 0 bridgehead atoms. The Morgan fingerprint density at radius 2 is 2.12 bits per heavy atom. The summed E-state index contributed by atoms with van der Waals surface area (Å²) in [5.74, 6) is 0.112. The van der Waals surface area contributed by atoms with Crippen LogP contribution >= 0.6 is 0 Å². The van der Waals surface area contributed by atoms with Crippen LogP contribution in [0.5, 0.6) is 5.75 Å². The third kappa shape index (κ3) is 5.47. The number of nitrogens with zero attached hydrogens (tertiary/aromatic N) is 3. The lowest BCUT2D eigenvalue weighted by molar-refractivity contribution is 0.0204. The van der Waals surface area contributed by atoms with Crippen LogP contribution in [0, 0.1) is 6.57 Å². The number of hydrogen-bond acceptors (Lipinski definition) is 6. The standard InChI is InChI=1S/C24H27FN4O5/c1-24(2,3)34-23(31)29-13-15(9-16(29)11-25)28-21(30)22-27-12-20(33-22)18-10-14(26-4)5-8-19(18)32-17-6-7-17/h5,8,10,12,15-17H,6-7,9,11,13H2,1-3H3,(H,28,30)/t15-,16+/m1/s1. The molecule has 0 unspecified atom stereocenters. The van der Waals surface area contributed by atoms with Gasteiger partial charge < -0.3 is 24.1 Å². The highest BCUT2D eigenvalue weighted by Gasteiger charge is 2.38. The summed E-state index contributed by atoms with van der Waals surface area (Å²) in [5, 5.41) is 2.76. The lowest BCUT2D eigenvalue weighted by Crippen LogP contribution is -2.42. The summed E-state index contributed by atoms with van der Waals surface area (Å²) in [5.41, 5.74) is 0.243. The molecule has 1 saturated heterocycles. The SMILES string of the molecule is [C-]#[N+]c1ccc(OC2CC2)c(-c2cnc(C(=O)N[C@@H]3C[C@@H](CF)N(C(=O)OC(C)(C)C)C3)o2)c1. The van der Waals surface area contributed by atoms with E-state index in [9.17, 15) is 14.0 Å². The molecule has 9 nitrogen and oxygen atoms in total. The first-order valence-corrected chi connectivity index (χ1v) is 11.2. The largest absolute Gasteiger partial charge is 0.490 e. The van der Waals surface area contributed by atoms with Gasteiger partial charge in [0.15, 0.2) is 11.4 Å². The van der Waals surface area contributed by atoms with Crippen molar-refractivity contribution in [1.29, 1.82) is 0 Å². The quantitative estimate of drug-likeness (QED) is 0.624. The first-order chi connectivity index (χ1) is 16.2. The van der Waals surface area contributed by atoms with Gasteiger partial charge in [-0.25, -0.2) is 19.0 Å². The molecular weight excluding hydrogens is 443 g/mol. The normalized spacial score (nSPS) is 20.0. The van der Waals surface area contributed by atoms with Crippen LogP contribution in [0.3, 0.4) is 0 Å². The van der Waals surface area contributed by atoms with Crippen molar-refractivity contribution in [2.24, 2.45) is 0 Å². The number of amides is 2. The number of nitrogens with one attached hydrogen (secondary N) is 1. The molecule has 10 heteroatoms. The molecule has 0 spiro atoms. The zero-order chi connectivity index (χ0) is 24.5. The van der Waals surface area contributed by atoms with Crippen molar-refractivity contribution in [2.45, 2.75) is 63.8 Å². The zero-order valence-electron chi connectivity index (χ0n) is 19.3. The van der Waals surface area contributed by atoms with Crippen LogP contribution in [0.1, 0.15) is 50.7 Å². The van der Waals surface area contributed by atoms with E-state index in [0.717, 1.165) is 12.8 Å². The van der Waals surface area contributed by atoms with E-state index in [0.29, 0.717) is 22.8 Å². The number of carbonyl (C=O) groups excluding carboxylic acids is 2. The Bertz CT molecular complexity index is 1120. The molecule has 1 aliphatic heterocycles. The molecule has 2 amide bonds. The molecule has 2 heterocycles. The van der Waals surface area contributed by atoms with E-state index in [1.54, 1.807) is 39.0 Å². The molecule has 4 rings (SSSR count). The van der Waals surface area contributed by atoms with Crippen LogP contribution in [-0.2, 0) is 4.74 Å². The average molecular weight is 471 g/mol. The van der Waals surface area contributed by atoms with Gasteiger partial charge in [-0.1, -0.05) is 6.07 Å². The molecule has 1 saturated carbocycles. The molecule has 1 N–H and O–H groups in total. The Hall–Kier alpha value is -3.61. The van der Waals surface area contributed by atoms with Crippen molar-refractivity contribution in [1.82, 2.24) is 15.2 Å². The Labute approximate surface area is 197 Å². The summed E-state index contributed by atoms with van der Waals surface area (Å²) in [6.45, 7) is 11.9. The van der Waals surface area contributed by atoms with Crippen LogP contribution < -0.4 is 10.1 Å². The summed E-state index contributed by atoms with van der Waals surface area (Å²) in [4.78, 5) is 34.0. The third-order valence-electron chi connectivity index (χ3n) is 5.43. The van der Waals surface area contributed by atoms with Gasteiger partial charge in [-0.15, -0.1) is 0 Å². The van der Waals surface area contributed by atoms with Crippen molar-refractivity contribution in [3.05, 3.63) is 41.7 Å². The van der Waals surface area contributed by atoms with E-state index < -0.39 is 36.4 Å². The minimum absolute atomic E-state index is 0.120. The molecule has 1 aromatic carbocycles. The van der Waals surface area contributed by atoms with Gasteiger partial charge in [-0.3, -0.25) is 4.79 Å². The Balaban J connectivity index is 1.45. The Kier molecular flexibility index (Phi) is 6.46. The van der Waals surface area contributed by atoms with E-state index in [-0.39, 0.29) is 25.0 Å². The molecular formula is C24H27FN4O5. The van der Waals surface area contributed by atoms with Crippen molar-refractivity contribution < 1.29 is 27.9 Å². The second kappa shape index (κ2) is 9.33. The second-order valence-corrected chi connectivity index (χ2v) is 9.49. The topological polar surface area (TPSA) is 98.3 Å². The summed E-state index contributed by atoms with van der Waals surface area (Å²) >= 11 is 0. The molecule has 1 aliphatic carbocycles. The van der Waals surface area contributed by atoms with Crippen molar-refractivity contribution in [2.75, 3.05) is 13.2 Å². The van der Waals surface area contributed by atoms with Gasteiger partial charge in [-0.2, -0.15) is 0 Å². The number of rotatable bonds is 6. The summed E-state index contributed by atoms with van der Waals surface area (Å²) in [6, 6.07) is 3.85. The number of hydrogen-bond donors (Lipinski definition) is 1. The second-order valence-electron chi connectivity index (χ2n) is 9.49. The number of oxazole rings is 1. The monoisotopic (exact) mass is 470 g/mol. The highest BCUT2D eigenvalue weighted by molar-refractivity contribution is 5.90. The molecule has 34 heavy (non-hydrogen) atoms. The number of aromatic nitrogens is 1. The minimum Gasteiger partial charge on any atom is -0.490 e. The molecule has 2 aromatic rings. The van der Waals surface area contributed by atoms with E-state index in [1.807, 2.05) is 0 Å². The molecule has 1 aromatic heterocycles. The zero-order valence-corrected chi connectivity index (χ0v) is 19.3. The van der Waals surface area contributed by atoms with Gasteiger partial charge >= 0.3 is 12.0 Å². The highest BCUT2D eigenvalue weighted by atomic mass is 19.1. The van der Waals surface area contributed by atoms with E-state index >= 15 is 0 Å². The maximum Gasteiger partial charge on any atom is 0.410 e. The molecule has 0 radical (unpaired) electrons. The van der Waals surface area contributed by atoms with E-state index in [1.165, 1.54) is 11.1 Å². The number of ether oxygens (including phenoxy) is 2. The maximum atomic E-state index is 13.5. The fourth-order valence-corrected chi connectivity index (χ4v) is 3.71. The average Bonchev–Trinajstić information content (AvgIpc) is 3.30. The van der Waals surface area contributed by atoms with Gasteiger partial charge in [0.25, 0.3) is 5.89 Å². The Morgan fingerprint density at radius 3 is 2.76 bits per heavy atom. The van der Waals surface area contributed by atoms with Crippen molar-refractivity contribution in [3.63, 3.8) is 0 Å². The van der Waals surface area contributed by atoms with Crippen LogP contribution in [0.25, 0.3) is 16.2 Å². The van der Waals surface area contributed by atoms with Crippen molar-refractivity contribution in [3.8, 4) is 17.1 Å². The number of carbonyl (C=O) groups is 2. The first-order valence-electron chi connectivity index (χ1n) is 11.2. The fourth-order valence-electron chi connectivity index (χ4n) is 3.71. The van der Waals surface area contributed by atoms with E-state index in [4.69, 9.17) is 20.5 Å². The van der Waals surface area contributed by atoms with Crippen LogP contribution in [0.2, 0.25) is 0 Å². The van der Waals surface area contributed by atoms with Crippen LogP contribution in [0.15, 0.2) is 28.8 Å². The smallest absolute Gasteiger partial charge is 0.410 e. The van der Waals surface area contributed by atoms with Gasteiger partial charge in [-0.05, 0) is 52.2 Å². The summed E-state index contributed by atoms with van der Waals surface area (Å²) in [6.07, 6.45) is 3.12. The predicted octanol–water partition coefficient (Wildman–Crippen LogP) is 4.51. The predicted molar refractivity (Wildman–Crippen MR) is 120 cm³/mol. The molecule has 2 aliphatic rings. The number of likely N-dealkylation sites (tertiary alicyclic amines) is 1.